The number of fused-ring (bicyclic) bond motifs is 1. The molecule has 40 heavy (non-hydrogen) atoms. The molecule has 214 valence electrons. The third kappa shape index (κ3) is 6.03. The Morgan fingerprint density at radius 3 is 2.83 bits per heavy atom. The van der Waals surface area contributed by atoms with Crippen LogP contribution in [-0.4, -0.2) is 61.2 Å². The first-order valence-corrected chi connectivity index (χ1v) is 14.9. The highest BCUT2D eigenvalue weighted by atomic mass is 35.5. The second kappa shape index (κ2) is 11.7. The number of hydrogen-bond donors (Lipinski definition) is 3. The van der Waals surface area contributed by atoms with Gasteiger partial charge in [-0.1, -0.05) is 17.7 Å². The smallest absolute Gasteiger partial charge is 0.335 e. The number of benzene rings is 1. The van der Waals surface area contributed by atoms with Crippen LogP contribution in [0.15, 0.2) is 36.8 Å². The Morgan fingerprint density at radius 1 is 1.27 bits per heavy atom. The Hall–Kier alpha value is -2.59. The molecule has 1 aromatic carbocycles. The number of aromatic nitrogens is 2. The fourth-order valence-electron chi connectivity index (χ4n) is 4.92. The van der Waals surface area contributed by atoms with E-state index in [4.69, 9.17) is 20.5 Å². The van der Waals surface area contributed by atoms with Crippen LogP contribution >= 0.6 is 22.9 Å². The fraction of sp³-hybridized carbons (Fsp3) is 0.400. The van der Waals surface area contributed by atoms with E-state index in [1.165, 1.54) is 25.6 Å². The van der Waals surface area contributed by atoms with Crippen LogP contribution in [-0.2, 0) is 25.6 Å². The van der Waals surface area contributed by atoms with Crippen molar-refractivity contribution in [3.63, 3.8) is 0 Å². The summed E-state index contributed by atoms with van der Waals surface area (Å²) in [4.78, 5) is 21.4. The van der Waals surface area contributed by atoms with E-state index in [1.807, 2.05) is 10.8 Å². The lowest BCUT2D eigenvalue weighted by molar-refractivity contribution is 0.0636. The maximum absolute atomic E-state index is 14.2. The summed E-state index contributed by atoms with van der Waals surface area (Å²) in [5.74, 6) is -0.457. The summed E-state index contributed by atoms with van der Waals surface area (Å²) >= 11 is 6.85. The maximum Gasteiger partial charge on any atom is 0.335 e. The molecule has 2 aliphatic rings. The van der Waals surface area contributed by atoms with E-state index in [0.717, 1.165) is 5.56 Å². The molecule has 1 aliphatic carbocycles. The number of rotatable bonds is 9. The van der Waals surface area contributed by atoms with Crippen LogP contribution in [0.2, 0.25) is 5.02 Å². The minimum Gasteiger partial charge on any atom is -0.390 e. The molecule has 0 bridgehead atoms. The molecule has 10 nitrogen and oxygen atoms in total. The number of carbonyl (C=O) groups excluding carboxylic acids is 1. The number of nitrogens with zero attached hydrogens (tertiary/aromatic N) is 2. The van der Waals surface area contributed by atoms with Gasteiger partial charge in [-0.25, -0.2) is 18.7 Å². The highest BCUT2D eigenvalue weighted by Crippen LogP contribution is 2.43. The summed E-state index contributed by atoms with van der Waals surface area (Å²) in [5.41, 5.74) is 1.85. The number of halogens is 3. The van der Waals surface area contributed by atoms with Gasteiger partial charge in [0.15, 0.2) is 0 Å². The Morgan fingerprint density at radius 2 is 2.08 bits per heavy atom. The van der Waals surface area contributed by atoms with Crippen molar-refractivity contribution in [3.8, 4) is 0 Å². The van der Waals surface area contributed by atoms with Crippen molar-refractivity contribution in [1.82, 2.24) is 14.7 Å². The van der Waals surface area contributed by atoms with E-state index in [2.05, 4.69) is 15.3 Å². The van der Waals surface area contributed by atoms with Crippen LogP contribution in [0, 0.1) is 0 Å². The second-order valence-electron chi connectivity index (χ2n) is 9.36. The third-order valence-corrected chi connectivity index (χ3v) is 9.20. The van der Waals surface area contributed by atoms with Gasteiger partial charge in [0.05, 0.1) is 28.0 Å². The van der Waals surface area contributed by atoms with Crippen LogP contribution in [0.1, 0.15) is 62.2 Å². The van der Waals surface area contributed by atoms with Crippen LogP contribution in [0.25, 0.3) is 0 Å². The molecule has 4 atom stereocenters. The van der Waals surface area contributed by atoms with Crippen molar-refractivity contribution in [1.29, 1.82) is 0 Å². The standard InChI is InChI=1S/C25H25ClF2N4O6S2/c1-29-40(35,36)38-19-8-14(7-18(19)33)32-25-17(10-30-11-31-25)21(34)20-9-16(23(39-20)24(27)28)22-15-6-13(26)3-2-12(15)4-5-37-22/h2-3,6,9-11,14,18-19,22,24,29,33H,4-5,7-8H2,1H3,(H,30,31,32)/t14-,18+,19-,22-/m1/s1. The number of alkyl halides is 2. The van der Waals surface area contributed by atoms with Gasteiger partial charge in [-0.2, -0.15) is 13.1 Å². The Labute approximate surface area is 238 Å². The highest BCUT2D eigenvalue weighted by Gasteiger charge is 2.38. The molecule has 0 amide bonds. The van der Waals surface area contributed by atoms with Crippen molar-refractivity contribution in [2.75, 3.05) is 19.0 Å². The average Bonchev–Trinajstić information content (AvgIpc) is 3.51. The fourth-order valence-corrected chi connectivity index (χ4v) is 6.73. The molecule has 1 saturated carbocycles. The van der Waals surface area contributed by atoms with Gasteiger partial charge in [-0.3, -0.25) is 8.98 Å². The number of hydrogen-bond acceptors (Lipinski definition) is 10. The maximum atomic E-state index is 14.2. The molecular weight excluding hydrogens is 590 g/mol. The summed E-state index contributed by atoms with van der Waals surface area (Å²) in [6.45, 7) is 0.329. The van der Waals surface area contributed by atoms with E-state index in [9.17, 15) is 27.1 Å². The van der Waals surface area contributed by atoms with Gasteiger partial charge in [-0.15, -0.1) is 11.3 Å². The zero-order valence-electron chi connectivity index (χ0n) is 21.0. The van der Waals surface area contributed by atoms with Gasteiger partial charge in [0, 0.05) is 29.9 Å². The molecule has 5 rings (SSSR count). The Balaban J connectivity index is 1.42. The van der Waals surface area contributed by atoms with Crippen molar-refractivity contribution in [2.24, 2.45) is 0 Å². The van der Waals surface area contributed by atoms with Gasteiger partial charge in [0.1, 0.15) is 24.4 Å². The zero-order chi connectivity index (χ0) is 28.6. The SMILES string of the molecule is CNS(=O)(=O)O[C@@H]1C[C@H](Nc2ncncc2C(=O)c2cc([C@@H]3OCCc4ccc(Cl)cc43)c(C(F)F)s2)C[C@@H]1O. The topological polar surface area (TPSA) is 140 Å². The predicted molar refractivity (Wildman–Crippen MR) is 143 cm³/mol. The molecular formula is C25H25ClF2N4O6S2. The van der Waals surface area contributed by atoms with Crippen molar-refractivity contribution < 1.29 is 36.0 Å². The quantitative estimate of drug-likeness (QED) is 0.307. The molecule has 15 heteroatoms. The molecule has 3 N–H and O–H groups in total. The lowest BCUT2D eigenvalue weighted by Gasteiger charge is -2.26. The number of aliphatic hydroxyl groups is 1. The van der Waals surface area contributed by atoms with E-state index in [-0.39, 0.29) is 39.5 Å². The van der Waals surface area contributed by atoms with E-state index >= 15 is 0 Å². The number of ether oxygens (including phenoxy) is 1. The van der Waals surface area contributed by atoms with Gasteiger partial charge in [0.2, 0.25) is 5.78 Å². The Bertz CT molecular complexity index is 1520. The third-order valence-electron chi connectivity index (χ3n) is 6.81. The van der Waals surface area contributed by atoms with Crippen LogP contribution in [0.3, 0.4) is 0 Å². The van der Waals surface area contributed by atoms with E-state index < -0.39 is 46.9 Å². The van der Waals surface area contributed by atoms with Gasteiger partial charge in [0.25, 0.3) is 6.43 Å². The largest absolute Gasteiger partial charge is 0.390 e. The van der Waals surface area contributed by atoms with Crippen molar-refractivity contribution in [2.45, 2.75) is 50.0 Å². The average molecular weight is 615 g/mol. The highest BCUT2D eigenvalue weighted by molar-refractivity contribution is 7.84. The summed E-state index contributed by atoms with van der Waals surface area (Å²) < 4.78 is 64.8. The van der Waals surface area contributed by atoms with Gasteiger partial charge < -0.3 is 15.2 Å². The summed E-state index contributed by atoms with van der Waals surface area (Å²) in [7, 11) is -2.83. The van der Waals surface area contributed by atoms with E-state index in [0.29, 0.717) is 35.0 Å². The van der Waals surface area contributed by atoms with Crippen LogP contribution < -0.4 is 10.0 Å². The molecule has 0 unspecified atom stereocenters. The number of carbonyl (C=O) groups is 1. The normalized spacial score (nSPS) is 22.9. The Kier molecular flexibility index (Phi) is 8.47. The number of nitrogens with one attached hydrogen (secondary N) is 2. The lowest BCUT2D eigenvalue weighted by Crippen LogP contribution is -2.31. The van der Waals surface area contributed by atoms with Crippen LogP contribution in [0.4, 0.5) is 14.6 Å². The molecule has 0 saturated heterocycles. The van der Waals surface area contributed by atoms with Crippen molar-refractivity contribution in [3.05, 3.63) is 73.8 Å². The summed E-state index contributed by atoms with van der Waals surface area (Å²) in [6.07, 6.45) is -2.40. The molecule has 3 heterocycles. The summed E-state index contributed by atoms with van der Waals surface area (Å²) in [5, 5.41) is 13.8. The monoisotopic (exact) mass is 614 g/mol. The molecule has 1 aliphatic heterocycles. The summed E-state index contributed by atoms with van der Waals surface area (Å²) in [6, 6.07) is 6.20. The van der Waals surface area contributed by atoms with Crippen molar-refractivity contribution >= 4 is 44.8 Å². The predicted octanol–water partition coefficient (Wildman–Crippen LogP) is 3.81. The minimum atomic E-state index is -4.02. The molecule has 0 radical (unpaired) electrons. The molecule has 0 spiro atoms. The molecule has 3 aromatic rings. The number of anilines is 1. The lowest BCUT2D eigenvalue weighted by atomic mass is 9.93. The molecule has 2 aromatic heterocycles. The first-order valence-electron chi connectivity index (χ1n) is 12.3. The van der Waals surface area contributed by atoms with E-state index in [1.54, 1.807) is 12.1 Å². The minimum absolute atomic E-state index is 0.0332. The second-order valence-corrected chi connectivity index (χ2v) is 12.4. The number of thiophene rings is 1. The zero-order valence-corrected chi connectivity index (χ0v) is 23.4. The van der Waals surface area contributed by atoms with Gasteiger partial charge in [-0.05, 0) is 48.6 Å². The first-order chi connectivity index (χ1) is 19.1. The molecule has 1 fully saturated rings. The first kappa shape index (κ1) is 28.9. The van der Waals surface area contributed by atoms with Gasteiger partial charge >= 0.3 is 10.3 Å². The number of aliphatic hydroxyl groups excluding tert-OH is 1. The van der Waals surface area contributed by atoms with Crippen LogP contribution in [0.5, 0.6) is 0 Å². The number of ketones is 1.